The van der Waals surface area contributed by atoms with Crippen molar-refractivity contribution in [2.24, 2.45) is 5.92 Å². The second-order valence-corrected chi connectivity index (χ2v) is 13.6. The number of urea groups is 1. The zero-order valence-electron chi connectivity index (χ0n) is 28.5. The molecule has 12 heteroatoms. The minimum Gasteiger partial charge on any atom is -0.366 e. The Bertz CT molecular complexity index is 1620. The summed E-state index contributed by atoms with van der Waals surface area (Å²) in [5.41, 5.74) is 4.51. The van der Waals surface area contributed by atoms with Crippen LogP contribution in [0.25, 0.3) is 0 Å². The summed E-state index contributed by atoms with van der Waals surface area (Å²) in [6, 6.07) is 11.9. The lowest BCUT2D eigenvalue weighted by Crippen LogP contribution is -2.35. The Morgan fingerprint density at radius 2 is 1.77 bits per heavy atom. The van der Waals surface area contributed by atoms with E-state index in [1.807, 2.05) is 56.9 Å². The number of carbonyl (C=O) groups excluding carboxylic acids is 3. The molecule has 5 rings (SSSR count). The lowest BCUT2D eigenvalue weighted by molar-refractivity contribution is 0.0827. The molecule has 1 aromatic heterocycles. The molecular weight excluding hydrogens is 599 g/mol. The summed E-state index contributed by atoms with van der Waals surface area (Å²) in [6.07, 6.45) is 0.925. The number of rotatable bonds is 9. The molecule has 2 aliphatic heterocycles. The molecule has 2 aliphatic rings. The molecule has 0 bridgehead atoms. The molecule has 2 atom stereocenters. The summed E-state index contributed by atoms with van der Waals surface area (Å²) in [7, 11) is 7.49. The zero-order valence-corrected chi connectivity index (χ0v) is 28.5. The Morgan fingerprint density at radius 1 is 1.04 bits per heavy atom. The molecule has 0 radical (unpaired) electrons. The molecule has 4 amide bonds. The van der Waals surface area contributed by atoms with Gasteiger partial charge in [0.15, 0.2) is 5.69 Å². The Labute approximate surface area is 276 Å². The monoisotopic (exact) mass is 646 g/mol. The summed E-state index contributed by atoms with van der Waals surface area (Å²) in [4.78, 5) is 46.3. The number of fused-ring (bicyclic) bond motifs is 1. The summed E-state index contributed by atoms with van der Waals surface area (Å²) in [5, 5.41) is 10.4. The van der Waals surface area contributed by atoms with Gasteiger partial charge in [0.05, 0.1) is 5.69 Å². The third kappa shape index (κ3) is 7.59. The van der Waals surface area contributed by atoms with Gasteiger partial charge >= 0.3 is 6.03 Å². The highest BCUT2D eigenvalue weighted by Gasteiger charge is 2.33. The van der Waals surface area contributed by atoms with Crippen molar-refractivity contribution >= 4 is 29.2 Å². The summed E-state index contributed by atoms with van der Waals surface area (Å²) in [6.45, 7) is 9.76. The van der Waals surface area contributed by atoms with Gasteiger partial charge in [0, 0.05) is 87.8 Å². The van der Waals surface area contributed by atoms with Gasteiger partial charge in [-0.05, 0) is 82.2 Å². The van der Waals surface area contributed by atoms with Gasteiger partial charge < -0.3 is 30.2 Å². The Morgan fingerprint density at radius 3 is 2.40 bits per heavy atom. The van der Waals surface area contributed by atoms with Crippen molar-refractivity contribution in [2.45, 2.75) is 52.2 Å². The van der Waals surface area contributed by atoms with E-state index in [0.29, 0.717) is 42.4 Å². The van der Waals surface area contributed by atoms with Crippen LogP contribution in [0.15, 0.2) is 42.5 Å². The molecule has 47 heavy (non-hydrogen) atoms. The van der Waals surface area contributed by atoms with E-state index in [2.05, 4.69) is 27.4 Å². The van der Waals surface area contributed by atoms with Crippen LogP contribution in [0.3, 0.4) is 0 Å². The highest BCUT2D eigenvalue weighted by atomic mass is 19.1. The number of anilines is 2. The molecule has 3 aromatic rings. The molecule has 3 heterocycles. The van der Waals surface area contributed by atoms with E-state index in [0.717, 1.165) is 36.5 Å². The number of hydrogen-bond acceptors (Lipinski definition) is 6. The van der Waals surface area contributed by atoms with Gasteiger partial charge in [0.2, 0.25) is 0 Å². The Balaban J connectivity index is 1.26. The number of amides is 4. The van der Waals surface area contributed by atoms with E-state index < -0.39 is 5.82 Å². The minimum absolute atomic E-state index is 0.0572. The zero-order chi connectivity index (χ0) is 34.0. The van der Waals surface area contributed by atoms with Crippen LogP contribution < -0.4 is 15.5 Å². The van der Waals surface area contributed by atoms with Crippen molar-refractivity contribution in [1.29, 1.82) is 0 Å². The first kappa shape index (κ1) is 33.9. The minimum atomic E-state index is -0.557. The first-order chi connectivity index (χ1) is 22.3. The van der Waals surface area contributed by atoms with Crippen LogP contribution in [-0.2, 0) is 13.1 Å². The van der Waals surface area contributed by atoms with Crippen molar-refractivity contribution in [3.8, 4) is 0 Å². The molecule has 11 nitrogen and oxygen atoms in total. The fraction of sp³-hybridized carbons (Fsp3) is 0.486. The first-order valence-corrected chi connectivity index (χ1v) is 16.3. The number of nitrogens with one attached hydrogen (secondary N) is 2. The average Bonchev–Trinajstić information content (AvgIpc) is 3.66. The van der Waals surface area contributed by atoms with Crippen LogP contribution in [0.5, 0.6) is 0 Å². The van der Waals surface area contributed by atoms with E-state index in [1.165, 1.54) is 12.1 Å². The fourth-order valence-electron chi connectivity index (χ4n) is 6.59. The maximum absolute atomic E-state index is 15.1. The molecule has 1 fully saturated rings. The smallest absolute Gasteiger partial charge is 0.321 e. The van der Waals surface area contributed by atoms with E-state index in [4.69, 9.17) is 5.10 Å². The third-order valence-corrected chi connectivity index (χ3v) is 8.87. The summed E-state index contributed by atoms with van der Waals surface area (Å²) in [5.74, 6) is -0.436. The molecule has 0 spiro atoms. The van der Waals surface area contributed by atoms with Gasteiger partial charge in [-0.1, -0.05) is 13.0 Å². The van der Waals surface area contributed by atoms with Crippen molar-refractivity contribution in [3.05, 3.63) is 76.4 Å². The largest absolute Gasteiger partial charge is 0.366 e. The van der Waals surface area contributed by atoms with Gasteiger partial charge in [-0.3, -0.25) is 14.3 Å². The summed E-state index contributed by atoms with van der Waals surface area (Å²) >= 11 is 0. The lowest BCUT2D eigenvalue weighted by Gasteiger charge is -2.34. The highest BCUT2D eigenvalue weighted by molar-refractivity contribution is 5.95. The van der Waals surface area contributed by atoms with Gasteiger partial charge in [0.25, 0.3) is 11.8 Å². The maximum atomic E-state index is 15.1. The predicted molar refractivity (Wildman–Crippen MR) is 181 cm³/mol. The number of nitrogens with zero attached hydrogens (tertiary/aromatic N) is 6. The number of benzene rings is 2. The number of likely N-dealkylation sites (tertiary alicyclic amines) is 1. The summed E-state index contributed by atoms with van der Waals surface area (Å²) < 4.78 is 17.0. The quantitative estimate of drug-likeness (QED) is 0.347. The second-order valence-electron chi connectivity index (χ2n) is 13.6. The standard InChI is InChI=1S/C35H47FN8O3/c1-22(2)44-32-23(3)18-43(27-11-9-26(10-12-27)34(46)41(6)7)21-28(32)31(39-44)33(45)37-17-24-8-13-30(29(36)16-24)38-35(47)42-15-14-25(20-42)19-40(4)5/h8-13,16,22-23,25H,14-15,17-21H2,1-7H3,(H,37,45)(H,38,47)/t23-,25+/m0/s1. The highest BCUT2D eigenvalue weighted by Crippen LogP contribution is 2.35. The molecule has 0 saturated carbocycles. The van der Waals surface area contributed by atoms with Crippen molar-refractivity contribution < 1.29 is 18.8 Å². The van der Waals surface area contributed by atoms with Gasteiger partial charge in [-0.2, -0.15) is 5.10 Å². The molecular formula is C35H47FN8O3. The third-order valence-electron chi connectivity index (χ3n) is 8.87. The molecule has 0 aliphatic carbocycles. The fourth-order valence-corrected chi connectivity index (χ4v) is 6.59. The Hall–Kier alpha value is -4.45. The molecule has 2 aromatic carbocycles. The Kier molecular flexibility index (Phi) is 10.2. The number of aromatic nitrogens is 2. The SMILES string of the molecule is CC(C)n1nc(C(=O)NCc2ccc(NC(=O)N3CC[C@H](CN(C)C)C3)c(F)c2)c2c1[C@@H](C)CN(c1ccc(C(=O)N(C)C)cc1)C2. The first-order valence-electron chi connectivity index (χ1n) is 16.3. The van der Waals surface area contributed by atoms with E-state index in [1.54, 1.807) is 30.0 Å². The van der Waals surface area contributed by atoms with Crippen LogP contribution in [0.2, 0.25) is 0 Å². The van der Waals surface area contributed by atoms with Crippen LogP contribution in [0, 0.1) is 11.7 Å². The van der Waals surface area contributed by atoms with Crippen LogP contribution in [0.4, 0.5) is 20.6 Å². The molecule has 2 N–H and O–H groups in total. The van der Waals surface area contributed by atoms with Gasteiger partial charge in [-0.25, -0.2) is 9.18 Å². The van der Waals surface area contributed by atoms with E-state index >= 15 is 4.39 Å². The van der Waals surface area contributed by atoms with Gasteiger partial charge in [0.1, 0.15) is 5.82 Å². The normalized spacial score (nSPS) is 17.7. The predicted octanol–water partition coefficient (Wildman–Crippen LogP) is 4.77. The van der Waals surface area contributed by atoms with Gasteiger partial charge in [-0.15, -0.1) is 0 Å². The maximum Gasteiger partial charge on any atom is 0.321 e. The number of halogens is 1. The molecule has 252 valence electrons. The average molecular weight is 647 g/mol. The molecule has 0 unspecified atom stereocenters. The van der Waals surface area contributed by atoms with Crippen LogP contribution in [0.1, 0.15) is 76.8 Å². The van der Waals surface area contributed by atoms with Crippen molar-refractivity contribution in [2.75, 3.05) is 64.6 Å². The van der Waals surface area contributed by atoms with Crippen molar-refractivity contribution in [1.82, 2.24) is 29.8 Å². The van der Waals surface area contributed by atoms with Crippen molar-refractivity contribution in [3.63, 3.8) is 0 Å². The van der Waals surface area contributed by atoms with Crippen LogP contribution >= 0.6 is 0 Å². The topological polar surface area (TPSA) is 106 Å². The number of hydrogen-bond donors (Lipinski definition) is 2. The number of carbonyl (C=O) groups is 3. The lowest BCUT2D eigenvalue weighted by atomic mass is 9.95. The van der Waals surface area contributed by atoms with E-state index in [9.17, 15) is 14.4 Å². The van der Waals surface area contributed by atoms with Crippen LogP contribution in [-0.4, -0.2) is 96.7 Å². The van der Waals surface area contributed by atoms with E-state index in [-0.39, 0.29) is 42.0 Å². The second kappa shape index (κ2) is 14.1. The molecule has 1 saturated heterocycles.